The van der Waals surface area contributed by atoms with E-state index in [1.165, 1.54) is 18.2 Å². The first-order chi connectivity index (χ1) is 8.74. The van der Waals surface area contributed by atoms with Crippen LogP contribution in [0, 0.1) is 11.6 Å². The predicted molar refractivity (Wildman–Crippen MR) is 67.4 cm³/mol. The van der Waals surface area contributed by atoms with Gasteiger partial charge in [-0.2, -0.15) is 0 Å². The fourth-order valence-electron chi connectivity index (χ4n) is 2.16. The fourth-order valence-corrected chi connectivity index (χ4v) is 2.16. The zero-order valence-corrected chi connectivity index (χ0v) is 9.61. The molecule has 1 aromatic heterocycles. The molecule has 0 unspecified atom stereocenters. The highest BCUT2D eigenvalue weighted by molar-refractivity contribution is 5.80. The van der Waals surface area contributed by atoms with E-state index >= 15 is 0 Å². The molecule has 3 rings (SSSR count). The average molecular weight is 243 g/mol. The molecule has 18 heavy (non-hydrogen) atoms. The Morgan fingerprint density at radius 2 is 1.78 bits per heavy atom. The molecule has 0 amide bonds. The van der Waals surface area contributed by atoms with Crippen molar-refractivity contribution in [3.05, 3.63) is 71.9 Å². The maximum absolute atomic E-state index is 13.5. The zero-order chi connectivity index (χ0) is 12.5. The van der Waals surface area contributed by atoms with E-state index in [9.17, 15) is 8.78 Å². The summed E-state index contributed by atoms with van der Waals surface area (Å²) < 4.78 is 28.5. The summed E-state index contributed by atoms with van der Waals surface area (Å²) in [4.78, 5) is 0. The molecule has 3 aromatic rings. The van der Waals surface area contributed by atoms with Crippen molar-refractivity contribution in [3.8, 4) is 0 Å². The van der Waals surface area contributed by atoms with Gasteiger partial charge in [0.2, 0.25) is 0 Å². The number of hydrogen-bond acceptors (Lipinski definition) is 0. The molecule has 3 heteroatoms. The van der Waals surface area contributed by atoms with Crippen molar-refractivity contribution in [3.63, 3.8) is 0 Å². The first-order valence-electron chi connectivity index (χ1n) is 5.72. The lowest BCUT2D eigenvalue weighted by Gasteiger charge is -2.06. The van der Waals surface area contributed by atoms with Gasteiger partial charge in [-0.15, -0.1) is 0 Å². The van der Waals surface area contributed by atoms with Gasteiger partial charge in [0.1, 0.15) is 11.6 Å². The van der Waals surface area contributed by atoms with Gasteiger partial charge in [0.25, 0.3) is 0 Å². The molecule has 1 heterocycles. The second kappa shape index (κ2) is 4.26. The van der Waals surface area contributed by atoms with Crippen molar-refractivity contribution in [1.82, 2.24) is 4.57 Å². The van der Waals surface area contributed by atoms with Crippen LogP contribution < -0.4 is 0 Å². The van der Waals surface area contributed by atoms with Crippen molar-refractivity contribution < 1.29 is 8.78 Å². The molecule has 0 atom stereocenters. The highest BCUT2D eigenvalue weighted by atomic mass is 19.1. The third-order valence-electron chi connectivity index (χ3n) is 3.00. The summed E-state index contributed by atoms with van der Waals surface area (Å²) >= 11 is 0. The Hall–Kier alpha value is -2.16. The first-order valence-corrected chi connectivity index (χ1v) is 5.72. The summed E-state index contributed by atoms with van der Waals surface area (Å²) in [5.41, 5.74) is 1.68. The van der Waals surface area contributed by atoms with Crippen LogP contribution in [0.4, 0.5) is 8.78 Å². The van der Waals surface area contributed by atoms with Gasteiger partial charge < -0.3 is 4.57 Å². The number of halogens is 2. The van der Waals surface area contributed by atoms with Gasteiger partial charge in [-0.3, -0.25) is 0 Å². The minimum Gasteiger partial charge on any atom is -0.343 e. The summed E-state index contributed by atoms with van der Waals surface area (Å²) in [5.74, 6) is -0.486. The molecule has 0 N–H and O–H groups in total. The van der Waals surface area contributed by atoms with Gasteiger partial charge >= 0.3 is 0 Å². The van der Waals surface area contributed by atoms with Crippen molar-refractivity contribution >= 4 is 10.9 Å². The summed E-state index contributed by atoms with van der Waals surface area (Å²) in [5, 5.41) is 0.592. The normalized spacial score (nSPS) is 11.0. The van der Waals surface area contributed by atoms with Crippen molar-refractivity contribution in [2.75, 3.05) is 0 Å². The molecule has 0 aliphatic carbocycles. The molecule has 0 aliphatic heterocycles. The van der Waals surface area contributed by atoms with E-state index in [2.05, 4.69) is 0 Å². The third kappa shape index (κ3) is 1.88. The van der Waals surface area contributed by atoms with E-state index in [0.717, 1.165) is 11.1 Å². The fraction of sp³-hybridized carbons (Fsp3) is 0.0667. The van der Waals surface area contributed by atoms with E-state index in [4.69, 9.17) is 0 Å². The molecule has 0 aliphatic rings. The Labute approximate surface area is 103 Å². The molecule has 2 aromatic carbocycles. The Bertz CT molecular complexity index is 701. The molecular weight excluding hydrogens is 232 g/mol. The number of rotatable bonds is 2. The topological polar surface area (TPSA) is 4.93 Å². The Morgan fingerprint density at radius 3 is 2.61 bits per heavy atom. The molecule has 90 valence electrons. The van der Waals surface area contributed by atoms with E-state index in [1.54, 1.807) is 18.2 Å². The standard InChI is InChI=1S/C15H11F2N/c16-12-4-1-3-11(9-12)10-18-8-7-13-14(17)5-2-6-15(13)18/h1-9H,10H2. The molecule has 0 spiro atoms. The molecule has 0 saturated heterocycles. The number of fused-ring (bicyclic) bond motifs is 1. The highest BCUT2D eigenvalue weighted by Gasteiger charge is 2.05. The number of aromatic nitrogens is 1. The third-order valence-corrected chi connectivity index (χ3v) is 3.00. The summed E-state index contributed by atoms with van der Waals surface area (Å²) in [6.45, 7) is 0.532. The van der Waals surface area contributed by atoms with Crippen LogP contribution in [0.25, 0.3) is 10.9 Å². The van der Waals surface area contributed by atoms with E-state index < -0.39 is 0 Å². The average Bonchev–Trinajstić information content (AvgIpc) is 2.74. The summed E-state index contributed by atoms with van der Waals surface area (Å²) in [7, 11) is 0. The minimum atomic E-state index is -0.254. The largest absolute Gasteiger partial charge is 0.343 e. The summed E-state index contributed by atoms with van der Waals surface area (Å²) in [6, 6.07) is 13.2. The molecule has 0 radical (unpaired) electrons. The lowest BCUT2D eigenvalue weighted by molar-refractivity contribution is 0.624. The Kier molecular flexibility index (Phi) is 2.59. The van der Waals surface area contributed by atoms with Crippen LogP contribution in [0.5, 0.6) is 0 Å². The Balaban J connectivity index is 2.03. The first kappa shape index (κ1) is 11.0. The van der Waals surface area contributed by atoms with Crippen LogP contribution in [0.1, 0.15) is 5.56 Å². The molecule has 1 nitrogen and oxygen atoms in total. The SMILES string of the molecule is Fc1cccc(Cn2ccc3c(F)cccc32)c1. The van der Waals surface area contributed by atoms with Crippen LogP contribution in [0.3, 0.4) is 0 Å². The molecular formula is C15H11F2N. The van der Waals surface area contributed by atoms with Crippen LogP contribution in [0.15, 0.2) is 54.7 Å². The number of benzene rings is 2. The second-order valence-electron chi connectivity index (χ2n) is 4.25. The number of nitrogens with zero attached hydrogens (tertiary/aromatic N) is 1. The van der Waals surface area contributed by atoms with Crippen LogP contribution in [-0.4, -0.2) is 4.57 Å². The van der Waals surface area contributed by atoms with Crippen LogP contribution >= 0.6 is 0 Å². The van der Waals surface area contributed by atoms with Crippen molar-refractivity contribution in [2.45, 2.75) is 6.54 Å². The van der Waals surface area contributed by atoms with Gasteiger partial charge in [0.05, 0.1) is 5.52 Å². The van der Waals surface area contributed by atoms with Crippen molar-refractivity contribution in [1.29, 1.82) is 0 Å². The monoisotopic (exact) mass is 243 g/mol. The van der Waals surface area contributed by atoms with Gasteiger partial charge in [-0.25, -0.2) is 8.78 Å². The van der Waals surface area contributed by atoms with E-state index in [0.29, 0.717) is 11.9 Å². The van der Waals surface area contributed by atoms with E-state index in [-0.39, 0.29) is 11.6 Å². The minimum absolute atomic E-state index is 0.231. The predicted octanol–water partition coefficient (Wildman–Crippen LogP) is 3.97. The number of hydrogen-bond donors (Lipinski definition) is 0. The van der Waals surface area contributed by atoms with Crippen LogP contribution in [0.2, 0.25) is 0 Å². The van der Waals surface area contributed by atoms with E-state index in [1.807, 2.05) is 22.9 Å². The maximum atomic E-state index is 13.5. The lowest BCUT2D eigenvalue weighted by Crippen LogP contribution is -1.98. The molecule has 0 bridgehead atoms. The smallest absolute Gasteiger partial charge is 0.132 e. The molecule has 0 fully saturated rings. The quantitative estimate of drug-likeness (QED) is 0.642. The van der Waals surface area contributed by atoms with Gasteiger partial charge in [-0.1, -0.05) is 18.2 Å². The lowest BCUT2D eigenvalue weighted by atomic mass is 10.2. The second-order valence-corrected chi connectivity index (χ2v) is 4.25. The highest BCUT2D eigenvalue weighted by Crippen LogP contribution is 2.20. The molecule has 0 saturated carbocycles. The van der Waals surface area contributed by atoms with Gasteiger partial charge in [0, 0.05) is 18.1 Å². The summed E-state index contributed by atoms with van der Waals surface area (Å²) in [6.07, 6.45) is 1.82. The Morgan fingerprint density at radius 1 is 0.944 bits per heavy atom. The van der Waals surface area contributed by atoms with Crippen molar-refractivity contribution in [2.24, 2.45) is 0 Å². The zero-order valence-electron chi connectivity index (χ0n) is 9.61. The van der Waals surface area contributed by atoms with Crippen LogP contribution in [-0.2, 0) is 6.54 Å². The maximum Gasteiger partial charge on any atom is 0.132 e. The van der Waals surface area contributed by atoms with Gasteiger partial charge in [0.15, 0.2) is 0 Å². The van der Waals surface area contributed by atoms with Gasteiger partial charge in [-0.05, 0) is 35.9 Å².